The number of epoxide rings is 1. The van der Waals surface area contributed by atoms with Crippen molar-refractivity contribution in [2.24, 2.45) is 0 Å². The first-order valence-corrected chi connectivity index (χ1v) is 11.8. The molecule has 0 N–H and O–H groups in total. The summed E-state index contributed by atoms with van der Waals surface area (Å²) in [6.07, 6.45) is 2.97. The number of methoxy groups -OCH3 is 1. The van der Waals surface area contributed by atoms with Crippen LogP contribution in [0.5, 0.6) is 5.75 Å². The second-order valence-corrected chi connectivity index (χ2v) is 9.13. The van der Waals surface area contributed by atoms with E-state index in [9.17, 15) is 17.6 Å². The third-order valence-corrected chi connectivity index (χ3v) is 6.98. The maximum absolute atomic E-state index is 14.8. The van der Waals surface area contributed by atoms with Crippen molar-refractivity contribution < 1.29 is 31.8 Å². The van der Waals surface area contributed by atoms with Gasteiger partial charge < -0.3 is 14.2 Å². The fourth-order valence-corrected chi connectivity index (χ4v) is 4.79. The Balaban J connectivity index is 1.25. The molecule has 184 valence electrons. The van der Waals surface area contributed by atoms with Crippen molar-refractivity contribution in [1.29, 1.82) is 0 Å². The van der Waals surface area contributed by atoms with Crippen LogP contribution in [0, 0.1) is 23.3 Å². The summed E-state index contributed by atoms with van der Waals surface area (Å²) in [5, 5.41) is 0. The van der Waals surface area contributed by atoms with Gasteiger partial charge in [0, 0.05) is 18.2 Å². The molecule has 0 aromatic heterocycles. The minimum Gasteiger partial charge on any atom is -0.486 e. The molecule has 3 aromatic carbocycles. The molecule has 0 spiro atoms. The highest BCUT2D eigenvalue weighted by molar-refractivity contribution is 5.65. The Morgan fingerprint density at radius 3 is 2.09 bits per heavy atom. The molecule has 1 saturated heterocycles. The lowest BCUT2D eigenvalue weighted by atomic mass is 9.82. The van der Waals surface area contributed by atoms with E-state index in [1.807, 2.05) is 0 Å². The minimum absolute atomic E-state index is 0.00370. The van der Waals surface area contributed by atoms with E-state index in [0.717, 1.165) is 25.7 Å². The Kier molecular flexibility index (Phi) is 6.80. The van der Waals surface area contributed by atoms with E-state index >= 15 is 0 Å². The van der Waals surface area contributed by atoms with Crippen molar-refractivity contribution in [3.05, 3.63) is 88.5 Å². The summed E-state index contributed by atoms with van der Waals surface area (Å²) in [6.45, 7) is 0.400. The smallest absolute Gasteiger partial charge is 0.200 e. The van der Waals surface area contributed by atoms with Crippen LogP contribution in [-0.4, -0.2) is 19.8 Å². The molecular formula is C28H26F4O3. The highest BCUT2D eigenvalue weighted by Crippen LogP contribution is 2.38. The molecule has 0 amide bonds. The predicted octanol–water partition coefficient (Wildman–Crippen LogP) is 7.23. The molecule has 2 fully saturated rings. The number of hydrogen-bond donors (Lipinski definition) is 0. The Bertz CT molecular complexity index is 1200. The van der Waals surface area contributed by atoms with Gasteiger partial charge in [0.15, 0.2) is 23.2 Å². The number of hydrogen-bond acceptors (Lipinski definition) is 3. The van der Waals surface area contributed by atoms with Gasteiger partial charge in [-0.05, 0) is 54.4 Å². The van der Waals surface area contributed by atoms with Crippen LogP contribution >= 0.6 is 0 Å². The first kappa shape index (κ1) is 23.8. The molecular weight excluding hydrogens is 460 g/mol. The molecule has 3 aromatic rings. The fourth-order valence-electron chi connectivity index (χ4n) is 4.79. The average Bonchev–Trinajstić information content (AvgIpc) is 3.72. The van der Waals surface area contributed by atoms with Crippen LogP contribution in [0.25, 0.3) is 11.1 Å². The molecule has 2 aliphatic rings. The molecule has 1 aliphatic heterocycles. The van der Waals surface area contributed by atoms with Gasteiger partial charge >= 0.3 is 0 Å². The molecule has 1 saturated carbocycles. The van der Waals surface area contributed by atoms with Gasteiger partial charge in [0.2, 0.25) is 5.82 Å². The van der Waals surface area contributed by atoms with E-state index in [2.05, 4.69) is 0 Å². The van der Waals surface area contributed by atoms with Gasteiger partial charge in [0.25, 0.3) is 0 Å². The monoisotopic (exact) mass is 486 g/mol. The van der Waals surface area contributed by atoms with E-state index in [1.165, 1.54) is 18.2 Å². The summed E-state index contributed by atoms with van der Waals surface area (Å²) >= 11 is 0. The van der Waals surface area contributed by atoms with E-state index < -0.39 is 23.3 Å². The van der Waals surface area contributed by atoms with Gasteiger partial charge in [-0.15, -0.1) is 0 Å². The molecule has 7 heteroatoms. The maximum atomic E-state index is 14.8. The van der Waals surface area contributed by atoms with Crippen molar-refractivity contribution in [2.75, 3.05) is 13.7 Å². The van der Waals surface area contributed by atoms with Gasteiger partial charge in [-0.3, -0.25) is 0 Å². The minimum atomic E-state index is -0.995. The quantitative estimate of drug-likeness (QED) is 0.261. The normalized spacial score (nSPS) is 21.7. The van der Waals surface area contributed by atoms with Gasteiger partial charge in [-0.25, -0.2) is 13.2 Å². The molecule has 3 nitrogen and oxygen atoms in total. The second-order valence-electron chi connectivity index (χ2n) is 9.13. The van der Waals surface area contributed by atoms with Crippen LogP contribution in [0.3, 0.4) is 0 Å². The third-order valence-electron chi connectivity index (χ3n) is 6.98. The van der Waals surface area contributed by atoms with Gasteiger partial charge in [-0.1, -0.05) is 42.5 Å². The van der Waals surface area contributed by atoms with Crippen LogP contribution in [0.1, 0.15) is 54.4 Å². The lowest BCUT2D eigenvalue weighted by molar-refractivity contribution is 0.0654. The molecule has 35 heavy (non-hydrogen) atoms. The third kappa shape index (κ3) is 4.93. The SMILES string of the molecule is COC1CCC(c2ccc(OCc3ccc(-c4ccc(C5CO5)c(F)c4F)cc3)c(F)c2F)CC1. The molecule has 5 rings (SSSR count). The number of rotatable bonds is 7. The zero-order valence-corrected chi connectivity index (χ0v) is 19.3. The Labute approximate surface area is 201 Å². The van der Waals surface area contributed by atoms with Crippen LogP contribution in [-0.2, 0) is 16.1 Å². The lowest BCUT2D eigenvalue weighted by Crippen LogP contribution is -2.20. The molecule has 0 bridgehead atoms. The van der Waals surface area contributed by atoms with Crippen molar-refractivity contribution >= 4 is 0 Å². The summed E-state index contributed by atoms with van der Waals surface area (Å²) in [7, 11) is 1.67. The molecule has 1 aliphatic carbocycles. The summed E-state index contributed by atoms with van der Waals surface area (Å²) in [5.74, 6) is -3.87. The highest BCUT2D eigenvalue weighted by atomic mass is 19.2. The standard InChI is InChI=1S/C28H26F4O3/c1-33-19-8-6-18(7-9-19)21-12-13-23(28(32)26(21)30)34-14-16-2-4-17(5-3-16)20-10-11-22(24-15-35-24)27(31)25(20)29/h2-5,10-13,18-19,24H,6-9,14-15H2,1H3. The summed E-state index contributed by atoms with van der Waals surface area (Å²) in [6, 6.07) is 12.8. The largest absolute Gasteiger partial charge is 0.486 e. The van der Waals surface area contributed by atoms with Crippen molar-refractivity contribution in [3.8, 4) is 16.9 Å². The zero-order valence-electron chi connectivity index (χ0n) is 19.3. The zero-order chi connectivity index (χ0) is 24.5. The summed E-state index contributed by atoms with van der Waals surface area (Å²) < 4.78 is 74.3. The van der Waals surface area contributed by atoms with E-state index in [-0.39, 0.29) is 41.6 Å². The number of halogens is 4. The summed E-state index contributed by atoms with van der Waals surface area (Å²) in [4.78, 5) is 0. The van der Waals surface area contributed by atoms with Crippen molar-refractivity contribution in [2.45, 2.75) is 50.4 Å². The maximum Gasteiger partial charge on any atom is 0.200 e. The van der Waals surface area contributed by atoms with Crippen molar-refractivity contribution in [1.82, 2.24) is 0 Å². The van der Waals surface area contributed by atoms with Crippen LogP contribution < -0.4 is 4.74 Å². The summed E-state index contributed by atoms with van der Waals surface area (Å²) in [5.41, 5.74) is 1.92. The Morgan fingerprint density at radius 1 is 0.771 bits per heavy atom. The molecule has 1 heterocycles. The topological polar surface area (TPSA) is 31.0 Å². The van der Waals surface area contributed by atoms with Gasteiger partial charge in [0.1, 0.15) is 12.7 Å². The number of benzene rings is 3. The molecule has 1 unspecified atom stereocenters. The van der Waals surface area contributed by atoms with E-state index in [1.54, 1.807) is 37.4 Å². The lowest BCUT2D eigenvalue weighted by Gasteiger charge is -2.28. The number of ether oxygens (including phenoxy) is 3. The van der Waals surface area contributed by atoms with E-state index in [0.29, 0.717) is 23.3 Å². The van der Waals surface area contributed by atoms with Crippen molar-refractivity contribution in [3.63, 3.8) is 0 Å². The Hall–Kier alpha value is -2.90. The van der Waals surface area contributed by atoms with Crippen LogP contribution in [0.2, 0.25) is 0 Å². The molecule has 0 radical (unpaired) electrons. The first-order valence-electron chi connectivity index (χ1n) is 11.8. The van der Waals surface area contributed by atoms with E-state index in [4.69, 9.17) is 14.2 Å². The first-order chi connectivity index (χ1) is 17.0. The van der Waals surface area contributed by atoms with Gasteiger partial charge in [0.05, 0.1) is 12.7 Å². The Morgan fingerprint density at radius 2 is 1.43 bits per heavy atom. The fraction of sp³-hybridized carbons (Fsp3) is 0.357. The predicted molar refractivity (Wildman–Crippen MR) is 123 cm³/mol. The highest BCUT2D eigenvalue weighted by Gasteiger charge is 2.30. The second kappa shape index (κ2) is 9.99. The average molecular weight is 487 g/mol. The molecule has 1 atom stereocenters. The van der Waals surface area contributed by atoms with Crippen LogP contribution in [0.15, 0.2) is 48.5 Å². The van der Waals surface area contributed by atoms with Crippen LogP contribution in [0.4, 0.5) is 17.6 Å². The van der Waals surface area contributed by atoms with Gasteiger partial charge in [-0.2, -0.15) is 4.39 Å².